The normalized spacial score (nSPS) is 11.6. The lowest BCUT2D eigenvalue weighted by Gasteiger charge is -2.31. The van der Waals surface area contributed by atoms with Crippen LogP contribution < -0.4 is 16.0 Å². The fourth-order valence-corrected chi connectivity index (χ4v) is 1.96. The van der Waals surface area contributed by atoms with Crippen LogP contribution in [0.3, 0.4) is 0 Å². The van der Waals surface area contributed by atoms with Crippen molar-refractivity contribution in [1.82, 2.24) is 5.32 Å². The molecular weight excluding hydrogens is 283 g/mol. The Balaban J connectivity index is 3.08. The lowest BCUT2D eigenvalue weighted by atomic mass is 10.1. The SMILES string of the molecule is CCNC(=O)c1ccc(N(CC(F)(F)F)C(C)C)c(N)c1. The number of nitrogens with one attached hydrogen (secondary N) is 1. The minimum atomic E-state index is -4.32. The van der Waals surface area contributed by atoms with Crippen LogP contribution in [-0.2, 0) is 0 Å². The zero-order chi connectivity index (χ0) is 16.2. The number of nitrogen functional groups attached to an aromatic ring is 1. The van der Waals surface area contributed by atoms with E-state index in [1.807, 2.05) is 0 Å². The average Bonchev–Trinajstić information content (AvgIpc) is 2.35. The number of nitrogens with zero attached hydrogens (tertiary/aromatic N) is 1. The van der Waals surface area contributed by atoms with E-state index in [-0.39, 0.29) is 23.3 Å². The molecule has 1 rings (SSSR count). The van der Waals surface area contributed by atoms with Crippen molar-refractivity contribution in [1.29, 1.82) is 0 Å². The van der Waals surface area contributed by atoms with Crippen LogP contribution >= 0.6 is 0 Å². The fraction of sp³-hybridized carbons (Fsp3) is 0.500. The van der Waals surface area contributed by atoms with E-state index in [1.54, 1.807) is 20.8 Å². The Morgan fingerprint density at radius 3 is 2.43 bits per heavy atom. The van der Waals surface area contributed by atoms with Gasteiger partial charge < -0.3 is 16.0 Å². The zero-order valence-corrected chi connectivity index (χ0v) is 12.3. The molecule has 3 N–H and O–H groups in total. The maximum Gasteiger partial charge on any atom is 0.405 e. The number of benzene rings is 1. The number of hydrogen-bond donors (Lipinski definition) is 2. The van der Waals surface area contributed by atoms with Crippen LogP contribution in [0.5, 0.6) is 0 Å². The molecule has 0 heterocycles. The van der Waals surface area contributed by atoms with Crippen LogP contribution in [0.1, 0.15) is 31.1 Å². The van der Waals surface area contributed by atoms with Crippen LogP contribution in [0.15, 0.2) is 18.2 Å². The van der Waals surface area contributed by atoms with E-state index in [0.717, 1.165) is 4.90 Å². The van der Waals surface area contributed by atoms with Gasteiger partial charge in [-0.1, -0.05) is 0 Å². The van der Waals surface area contributed by atoms with E-state index in [2.05, 4.69) is 5.32 Å². The summed E-state index contributed by atoms with van der Waals surface area (Å²) in [7, 11) is 0. The van der Waals surface area contributed by atoms with Gasteiger partial charge in [0.05, 0.1) is 11.4 Å². The molecule has 7 heteroatoms. The second-order valence-electron chi connectivity index (χ2n) is 4.97. The van der Waals surface area contributed by atoms with E-state index in [9.17, 15) is 18.0 Å². The van der Waals surface area contributed by atoms with Crippen LogP contribution in [0.25, 0.3) is 0 Å². The molecule has 0 unspecified atom stereocenters. The predicted octanol–water partition coefficient (Wildman–Crippen LogP) is 2.80. The van der Waals surface area contributed by atoms with Crippen molar-refractivity contribution < 1.29 is 18.0 Å². The summed E-state index contributed by atoms with van der Waals surface area (Å²) in [6, 6.07) is 3.95. The second kappa shape index (κ2) is 6.69. The van der Waals surface area contributed by atoms with Gasteiger partial charge >= 0.3 is 6.18 Å². The summed E-state index contributed by atoms with van der Waals surface area (Å²) in [5.41, 5.74) is 6.57. The quantitative estimate of drug-likeness (QED) is 0.822. The molecule has 0 fully saturated rings. The summed E-state index contributed by atoms with van der Waals surface area (Å²) >= 11 is 0. The number of nitrogens with two attached hydrogens (primary N) is 1. The Kier molecular flexibility index (Phi) is 5.46. The fourth-order valence-electron chi connectivity index (χ4n) is 1.96. The summed E-state index contributed by atoms with van der Waals surface area (Å²) in [4.78, 5) is 12.8. The summed E-state index contributed by atoms with van der Waals surface area (Å²) < 4.78 is 37.9. The predicted molar refractivity (Wildman–Crippen MR) is 77.4 cm³/mol. The van der Waals surface area contributed by atoms with E-state index in [0.29, 0.717) is 12.1 Å². The number of rotatable bonds is 5. The molecule has 0 aliphatic carbocycles. The van der Waals surface area contributed by atoms with E-state index >= 15 is 0 Å². The molecule has 0 bridgehead atoms. The van der Waals surface area contributed by atoms with Gasteiger partial charge in [0.15, 0.2) is 0 Å². The maximum atomic E-state index is 12.6. The monoisotopic (exact) mass is 303 g/mol. The Morgan fingerprint density at radius 2 is 2.00 bits per heavy atom. The van der Waals surface area contributed by atoms with Crippen LogP contribution in [-0.4, -0.2) is 31.2 Å². The molecule has 21 heavy (non-hydrogen) atoms. The standard InChI is InChI=1S/C14H20F3N3O/c1-4-19-13(21)10-5-6-12(11(18)7-10)20(9(2)3)8-14(15,16)17/h5-7,9H,4,8,18H2,1-3H3,(H,19,21). The molecule has 4 nitrogen and oxygen atoms in total. The van der Waals surface area contributed by atoms with E-state index in [4.69, 9.17) is 5.73 Å². The molecule has 118 valence electrons. The van der Waals surface area contributed by atoms with Gasteiger partial charge in [0.1, 0.15) is 6.54 Å². The van der Waals surface area contributed by atoms with Crippen molar-refractivity contribution in [3.8, 4) is 0 Å². The highest BCUT2D eigenvalue weighted by atomic mass is 19.4. The van der Waals surface area contributed by atoms with Gasteiger partial charge in [0.2, 0.25) is 0 Å². The first-order valence-electron chi connectivity index (χ1n) is 6.66. The van der Waals surface area contributed by atoms with Crippen LogP contribution in [0, 0.1) is 0 Å². The van der Waals surface area contributed by atoms with Crippen molar-refractivity contribution in [2.75, 3.05) is 23.7 Å². The number of amides is 1. The van der Waals surface area contributed by atoms with Gasteiger partial charge in [0.25, 0.3) is 5.91 Å². The van der Waals surface area contributed by atoms with Gasteiger partial charge in [0, 0.05) is 18.2 Å². The van der Waals surface area contributed by atoms with Gasteiger partial charge in [-0.25, -0.2) is 0 Å². The highest BCUT2D eigenvalue weighted by molar-refractivity contribution is 5.96. The van der Waals surface area contributed by atoms with E-state index in [1.165, 1.54) is 18.2 Å². The van der Waals surface area contributed by atoms with Crippen LogP contribution in [0.2, 0.25) is 0 Å². The smallest absolute Gasteiger partial charge is 0.397 e. The number of halogens is 3. The molecule has 1 aromatic carbocycles. The molecule has 1 amide bonds. The lowest BCUT2D eigenvalue weighted by Crippen LogP contribution is -2.39. The maximum absolute atomic E-state index is 12.6. The lowest BCUT2D eigenvalue weighted by molar-refractivity contribution is -0.120. The zero-order valence-electron chi connectivity index (χ0n) is 12.3. The average molecular weight is 303 g/mol. The van der Waals surface area contributed by atoms with Gasteiger partial charge in [-0.2, -0.15) is 13.2 Å². The molecule has 0 saturated heterocycles. The Labute approximate surface area is 122 Å². The third-order valence-electron chi connectivity index (χ3n) is 2.91. The highest BCUT2D eigenvalue weighted by Gasteiger charge is 2.32. The topological polar surface area (TPSA) is 58.4 Å². The van der Waals surface area contributed by atoms with Gasteiger partial charge in [-0.05, 0) is 39.0 Å². The number of hydrogen-bond acceptors (Lipinski definition) is 3. The minimum Gasteiger partial charge on any atom is -0.397 e. The molecule has 0 atom stereocenters. The molecular formula is C14H20F3N3O. The molecule has 0 spiro atoms. The Hall–Kier alpha value is -1.92. The Morgan fingerprint density at radius 1 is 1.38 bits per heavy atom. The number of alkyl halides is 3. The van der Waals surface area contributed by atoms with Crippen molar-refractivity contribution in [2.24, 2.45) is 0 Å². The van der Waals surface area contributed by atoms with Crippen LogP contribution in [0.4, 0.5) is 24.5 Å². The molecule has 0 aromatic heterocycles. The summed E-state index contributed by atoms with van der Waals surface area (Å²) in [5, 5.41) is 2.61. The largest absolute Gasteiger partial charge is 0.405 e. The highest BCUT2D eigenvalue weighted by Crippen LogP contribution is 2.29. The summed E-state index contributed by atoms with van der Waals surface area (Å²) in [5.74, 6) is -0.303. The first-order valence-corrected chi connectivity index (χ1v) is 6.66. The third kappa shape index (κ3) is 4.84. The van der Waals surface area contributed by atoms with Gasteiger partial charge in [-0.15, -0.1) is 0 Å². The molecule has 0 saturated carbocycles. The number of anilines is 2. The van der Waals surface area contributed by atoms with Crippen molar-refractivity contribution in [2.45, 2.75) is 33.0 Å². The number of carbonyl (C=O) groups excluding carboxylic acids is 1. The van der Waals surface area contributed by atoms with Crippen molar-refractivity contribution in [3.63, 3.8) is 0 Å². The molecule has 1 aromatic rings. The van der Waals surface area contributed by atoms with Crippen molar-refractivity contribution in [3.05, 3.63) is 23.8 Å². The first kappa shape index (κ1) is 17.1. The number of carbonyl (C=O) groups is 1. The Bertz CT molecular complexity index is 501. The molecule has 0 aliphatic heterocycles. The van der Waals surface area contributed by atoms with Crippen molar-refractivity contribution >= 4 is 17.3 Å². The minimum absolute atomic E-state index is 0.150. The second-order valence-corrected chi connectivity index (χ2v) is 4.97. The summed E-state index contributed by atoms with van der Waals surface area (Å²) in [6.07, 6.45) is -4.32. The molecule has 0 aliphatic rings. The molecule has 0 radical (unpaired) electrons. The van der Waals surface area contributed by atoms with E-state index < -0.39 is 12.7 Å². The first-order chi connectivity index (χ1) is 9.65. The summed E-state index contributed by atoms with van der Waals surface area (Å²) in [6.45, 7) is 4.47. The van der Waals surface area contributed by atoms with Gasteiger partial charge in [-0.3, -0.25) is 4.79 Å². The third-order valence-corrected chi connectivity index (χ3v) is 2.91.